The van der Waals surface area contributed by atoms with Crippen LogP contribution in [0.15, 0.2) is 24.5 Å². The van der Waals surface area contributed by atoms with Crippen LogP contribution in [0.25, 0.3) is 11.0 Å². The summed E-state index contributed by atoms with van der Waals surface area (Å²) in [6.45, 7) is 4.49. The van der Waals surface area contributed by atoms with Crippen LogP contribution in [0, 0.1) is 17.2 Å². The number of nitriles is 1. The summed E-state index contributed by atoms with van der Waals surface area (Å²) in [4.78, 5) is 11.1. The molecule has 1 aromatic carbocycles. The largest absolute Gasteiger partial charge is 0.368 e. The molecule has 1 aliphatic heterocycles. The second-order valence-corrected chi connectivity index (χ2v) is 8.85. The van der Waals surface area contributed by atoms with Crippen molar-refractivity contribution >= 4 is 26.7 Å². The van der Waals surface area contributed by atoms with Gasteiger partial charge in [-0.2, -0.15) is 5.26 Å². The number of nitrogens with zero attached hydrogens (tertiary/aromatic N) is 4. The molecule has 2 aromatic rings. The van der Waals surface area contributed by atoms with Gasteiger partial charge in [0.15, 0.2) is 0 Å². The number of anilines is 1. The van der Waals surface area contributed by atoms with Gasteiger partial charge in [0, 0.05) is 31.5 Å². The van der Waals surface area contributed by atoms with Crippen LogP contribution < -0.4 is 15.4 Å². The Kier molecular flexibility index (Phi) is 5.89. The zero-order valence-electron chi connectivity index (χ0n) is 15.3. The molecule has 2 unspecified atom stereocenters. The van der Waals surface area contributed by atoms with Crippen molar-refractivity contribution < 1.29 is 8.42 Å². The van der Waals surface area contributed by atoms with Gasteiger partial charge in [0.05, 0.1) is 17.0 Å². The molecule has 0 aliphatic carbocycles. The highest BCUT2D eigenvalue weighted by molar-refractivity contribution is 7.89. The summed E-state index contributed by atoms with van der Waals surface area (Å²) >= 11 is 0. The summed E-state index contributed by atoms with van der Waals surface area (Å²) < 4.78 is 22.1. The van der Waals surface area contributed by atoms with E-state index in [2.05, 4.69) is 33.2 Å². The van der Waals surface area contributed by atoms with Gasteiger partial charge in [0.25, 0.3) is 0 Å². The second-order valence-electron chi connectivity index (χ2n) is 7.12. The van der Waals surface area contributed by atoms with Crippen LogP contribution in [0.2, 0.25) is 0 Å². The number of nitrogens with one attached hydrogen (secondary N) is 1. The third kappa shape index (κ3) is 4.91. The van der Waals surface area contributed by atoms with Gasteiger partial charge in [-0.3, -0.25) is 9.97 Å². The molecule has 8 nitrogen and oxygen atoms in total. The lowest BCUT2D eigenvalue weighted by atomic mass is 9.95. The molecular formula is C18H24N6O2S. The first-order valence-corrected chi connectivity index (χ1v) is 10.7. The molecule has 0 radical (unpaired) electrons. The van der Waals surface area contributed by atoms with E-state index in [1.54, 1.807) is 18.5 Å². The van der Waals surface area contributed by atoms with Crippen LogP contribution in [0.1, 0.15) is 25.3 Å². The zero-order chi connectivity index (χ0) is 19.4. The number of hydrogen-bond donors (Lipinski definition) is 2. The number of primary sulfonamides is 1. The van der Waals surface area contributed by atoms with Crippen LogP contribution in [-0.2, 0) is 10.0 Å². The molecule has 0 bridgehead atoms. The first kappa shape index (κ1) is 19.5. The quantitative estimate of drug-likeness (QED) is 0.707. The van der Waals surface area contributed by atoms with Gasteiger partial charge in [0.2, 0.25) is 10.0 Å². The van der Waals surface area contributed by atoms with Crippen LogP contribution >= 0.6 is 0 Å². The molecule has 2 atom stereocenters. The molecule has 1 fully saturated rings. The first-order valence-electron chi connectivity index (χ1n) is 9.00. The van der Waals surface area contributed by atoms with Gasteiger partial charge < -0.3 is 10.2 Å². The molecule has 3 rings (SSSR count). The summed E-state index contributed by atoms with van der Waals surface area (Å²) in [5.74, 6) is 0.457. The number of nitrogens with two attached hydrogens (primary N) is 1. The maximum absolute atomic E-state index is 11.1. The number of sulfonamides is 1. The molecule has 1 saturated heterocycles. The number of piperidine rings is 1. The Morgan fingerprint density at radius 3 is 2.74 bits per heavy atom. The molecule has 1 aliphatic rings. The van der Waals surface area contributed by atoms with Gasteiger partial charge in [-0.25, -0.2) is 13.6 Å². The fourth-order valence-electron chi connectivity index (χ4n) is 3.66. The third-order valence-corrected chi connectivity index (χ3v) is 5.62. The highest BCUT2D eigenvalue weighted by Crippen LogP contribution is 2.30. The summed E-state index contributed by atoms with van der Waals surface area (Å²) in [6, 6.07) is 6.15. The van der Waals surface area contributed by atoms with Gasteiger partial charge >= 0.3 is 0 Å². The van der Waals surface area contributed by atoms with E-state index in [4.69, 9.17) is 5.14 Å². The number of rotatable bonds is 6. The van der Waals surface area contributed by atoms with Crippen LogP contribution in [0.3, 0.4) is 0 Å². The van der Waals surface area contributed by atoms with E-state index >= 15 is 0 Å². The maximum Gasteiger partial charge on any atom is 0.209 e. The molecule has 0 amide bonds. The van der Waals surface area contributed by atoms with Crippen molar-refractivity contribution in [2.45, 2.75) is 25.8 Å². The molecule has 1 aromatic heterocycles. The summed E-state index contributed by atoms with van der Waals surface area (Å²) in [5.41, 5.74) is 2.84. The van der Waals surface area contributed by atoms with E-state index < -0.39 is 10.0 Å². The fourth-order valence-corrected chi connectivity index (χ4v) is 4.21. The topological polar surface area (TPSA) is 125 Å². The number of aromatic nitrogens is 2. The van der Waals surface area contributed by atoms with Crippen molar-refractivity contribution in [3.8, 4) is 6.07 Å². The Morgan fingerprint density at radius 1 is 1.30 bits per heavy atom. The molecule has 2 heterocycles. The summed E-state index contributed by atoms with van der Waals surface area (Å²) in [5, 5.41) is 17.8. The van der Waals surface area contributed by atoms with Crippen LogP contribution in [-0.4, -0.2) is 49.8 Å². The minimum atomic E-state index is -3.41. The Hall–Kier alpha value is -2.28. The minimum Gasteiger partial charge on any atom is -0.368 e. The standard InChI is InChI=1S/C18H24N6O2S/c1-13-9-15(21-5-2-8-27(20,25)26)12-24(11-13)16-4-3-14(10-19)17-18(16)23-7-6-22-17/h3-4,6-7,13,15,21H,2,5,8-9,11-12H2,1H3,(H2,20,25,26). The fraction of sp³-hybridized carbons (Fsp3) is 0.500. The first-order chi connectivity index (χ1) is 12.9. The number of benzene rings is 1. The Balaban J connectivity index is 1.75. The normalized spacial score (nSPS) is 20.6. The molecule has 27 heavy (non-hydrogen) atoms. The SMILES string of the molecule is CC1CC(NCCCS(N)(=O)=O)CN(c2ccc(C#N)c3nccnc23)C1. The molecule has 9 heteroatoms. The van der Waals surface area contributed by atoms with Gasteiger partial charge in [-0.05, 0) is 37.4 Å². The lowest BCUT2D eigenvalue weighted by Gasteiger charge is -2.38. The minimum absolute atomic E-state index is 0.0121. The predicted octanol–water partition coefficient (Wildman–Crippen LogP) is 0.984. The Labute approximate surface area is 159 Å². The van der Waals surface area contributed by atoms with E-state index in [0.29, 0.717) is 30.0 Å². The van der Waals surface area contributed by atoms with E-state index in [1.807, 2.05) is 6.07 Å². The highest BCUT2D eigenvalue weighted by Gasteiger charge is 2.26. The van der Waals surface area contributed by atoms with Crippen molar-refractivity contribution in [1.29, 1.82) is 5.26 Å². The van der Waals surface area contributed by atoms with E-state index in [9.17, 15) is 13.7 Å². The van der Waals surface area contributed by atoms with E-state index in [-0.39, 0.29) is 11.8 Å². The van der Waals surface area contributed by atoms with Crippen molar-refractivity contribution in [1.82, 2.24) is 15.3 Å². The molecular weight excluding hydrogens is 364 g/mol. The average molecular weight is 388 g/mol. The monoisotopic (exact) mass is 388 g/mol. The van der Waals surface area contributed by atoms with Gasteiger partial charge in [0.1, 0.15) is 17.1 Å². The average Bonchev–Trinajstić information content (AvgIpc) is 2.63. The maximum atomic E-state index is 11.1. The lowest BCUT2D eigenvalue weighted by Crippen LogP contribution is -2.49. The number of hydrogen-bond acceptors (Lipinski definition) is 7. The molecule has 3 N–H and O–H groups in total. The van der Waals surface area contributed by atoms with Crippen molar-refractivity contribution in [3.05, 3.63) is 30.1 Å². The third-order valence-electron chi connectivity index (χ3n) is 4.76. The highest BCUT2D eigenvalue weighted by atomic mass is 32.2. The number of fused-ring (bicyclic) bond motifs is 1. The summed E-state index contributed by atoms with van der Waals surface area (Å²) in [7, 11) is -3.41. The lowest BCUT2D eigenvalue weighted by molar-refractivity contribution is 0.352. The zero-order valence-corrected chi connectivity index (χ0v) is 16.1. The van der Waals surface area contributed by atoms with Crippen molar-refractivity contribution in [3.63, 3.8) is 0 Å². The Morgan fingerprint density at radius 2 is 2.04 bits per heavy atom. The van der Waals surface area contributed by atoms with Crippen LogP contribution in [0.5, 0.6) is 0 Å². The predicted molar refractivity (Wildman–Crippen MR) is 105 cm³/mol. The van der Waals surface area contributed by atoms with Crippen molar-refractivity contribution in [2.75, 3.05) is 30.3 Å². The molecule has 0 saturated carbocycles. The molecule has 0 spiro atoms. The van der Waals surface area contributed by atoms with Gasteiger partial charge in [-0.1, -0.05) is 6.92 Å². The second kappa shape index (κ2) is 8.17. The van der Waals surface area contributed by atoms with E-state index in [1.165, 1.54) is 0 Å². The van der Waals surface area contributed by atoms with Crippen LogP contribution in [0.4, 0.5) is 5.69 Å². The summed E-state index contributed by atoms with van der Waals surface area (Å²) in [6.07, 6.45) is 4.76. The van der Waals surface area contributed by atoms with E-state index in [0.717, 1.165) is 30.7 Å². The van der Waals surface area contributed by atoms with Crippen molar-refractivity contribution in [2.24, 2.45) is 11.1 Å². The van der Waals surface area contributed by atoms with Gasteiger partial charge in [-0.15, -0.1) is 0 Å². The molecule has 144 valence electrons. The Bertz CT molecular complexity index is 956. The smallest absolute Gasteiger partial charge is 0.209 e.